The number of anilines is 1. The zero-order valence-electron chi connectivity index (χ0n) is 11.5. The lowest BCUT2D eigenvalue weighted by Crippen LogP contribution is -2.03. The van der Waals surface area contributed by atoms with Crippen molar-refractivity contribution in [2.45, 2.75) is 25.3 Å². The molecule has 1 saturated carbocycles. The summed E-state index contributed by atoms with van der Waals surface area (Å²) >= 11 is 3.57. The van der Waals surface area contributed by atoms with Gasteiger partial charge in [-0.3, -0.25) is 0 Å². The van der Waals surface area contributed by atoms with Gasteiger partial charge in [-0.15, -0.1) is 0 Å². The summed E-state index contributed by atoms with van der Waals surface area (Å²) in [5.41, 5.74) is 3.96. The third kappa shape index (κ3) is 2.98. The topological polar surface area (TPSA) is 21.3 Å². The number of rotatable bonds is 5. The zero-order chi connectivity index (χ0) is 13.9. The second kappa shape index (κ2) is 5.88. The SMILES string of the molecule is COc1ccc(Br)c(NCc2ccccc2C2CC2)c1. The molecule has 104 valence electrons. The molecule has 0 atom stereocenters. The normalized spacial score (nSPS) is 14.1. The lowest BCUT2D eigenvalue weighted by molar-refractivity contribution is 0.415. The van der Waals surface area contributed by atoms with Crippen LogP contribution in [0.25, 0.3) is 0 Å². The monoisotopic (exact) mass is 331 g/mol. The summed E-state index contributed by atoms with van der Waals surface area (Å²) in [6.45, 7) is 0.846. The molecule has 0 aromatic heterocycles. The number of methoxy groups -OCH3 is 1. The molecule has 2 aromatic rings. The molecule has 1 aliphatic carbocycles. The van der Waals surface area contributed by atoms with E-state index in [2.05, 4.69) is 45.5 Å². The van der Waals surface area contributed by atoms with Crippen molar-refractivity contribution in [2.75, 3.05) is 12.4 Å². The maximum absolute atomic E-state index is 5.27. The van der Waals surface area contributed by atoms with Gasteiger partial charge in [0.25, 0.3) is 0 Å². The fraction of sp³-hybridized carbons (Fsp3) is 0.294. The van der Waals surface area contributed by atoms with E-state index in [0.29, 0.717) is 0 Å². The summed E-state index contributed by atoms with van der Waals surface area (Å²) in [6, 6.07) is 14.7. The van der Waals surface area contributed by atoms with Gasteiger partial charge in [0.1, 0.15) is 5.75 Å². The van der Waals surface area contributed by atoms with Crippen LogP contribution in [0.5, 0.6) is 5.75 Å². The van der Waals surface area contributed by atoms with Gasteiger partial charge in [0, 0.05) is 17.1 Å². The van der Waals surface area contributed by atoms with Crippen molar-refractivity contribution in [1.82, 2.24) is 0 Å². The average Bonchev–Trinajstić information content (AvgIpc) is 3.31. The Kier molecular flexibility index (Phi) is 3.97. The minimum Gasteiger partial charge on any atom is -0.497 e. The minimum atomic E-state index is 0.779. The first-order chi connectivity index (χ1) is 9.78. The fourth-order valence-corrected chi connectivity index (χ4v) is 2.83. The number of ether oxygens (including phenoxy) is 1. The van der Waals surface area contributed by atoms with E-state index in [1.807, 2.05) is 18.2 Å². The van der Waals surface area contributed by atoms with Crippen LogP contribution >= 0.6 is 15.9 Å². The van der Waals surface area contributed by atoms with E-state index in [-0.39, 0.29) is 0 Å². The van der Waals surface area contributed by atoms with Crippen molar-refractivity contribution in [3.63, 3.8) is 0 Å². The second-order valence-electron chi connectivity index (χ2n) is 5.17. The van der Waals surface area contributed by atoms with Crippen molar-refractivity contribution in [1.29, 1.82) is 0 Å². The average molecular weight is 332 g/mol. The molecule has 20 heavy (non-hydrogen) atoms. The van der Waals surface area contributed by atoms with Crippen molar-refractivity contribution in [2.24, 2.45) is 0 Å². The standard InChI is InChI=1S/C17H18BrNO/c1-20-14-8-9-16(18)17(10-14)19-11-13-4-2-3-5-15(13)12-6-7-12/h2-5,8-10,12,19H,6-7,11H2,1H3. The molecule has 3 rings (SSSR count). The Morgan fingerprint density at radius 3 is 2.75 bits per heavy atom. The molecule has 2 aromatic carbocycles. The van der Waals surface area contributed by atoms with Crippen LogP contribution in [0.4, 0.5) is 5.69 Å². The minimum absolute atomic E-state index is 0.779. The maximum Gasteiger partial charge on any atom is 0.121 e. The molecule has 2 nitrogen and oxygen atoms in total. The zero-order valence-corrected chi connectivity index (χ0v) is 13.1. The van der Waals surface area contributed by atoms with Gasteiger partial charge < -0.3 is 10.1 Å². The van der Waals surface area contributed by atoms with Crippen LogP contribution < -0.4 is 10.1 Å². The van der Waals surface area contributed by atoms with E-state index in [1.165, 1.54) is 24.0 Å². The van der Waals surface area contributed by atoms with Crippen LogP contribution in [0.2, 0.25) is 0 Å². The summed E-state index contributed by atoms with van der Waals surface area (Å²) in [4.78, 5) is 0. The molecule has 0 aliphatic heterocycles. The van der Waals surface area contributed by atoms with E-state index >= 15 is 0 Å². The molecular weight excluding hydrogens is 314 g/mol. The molecule has 1 fully saturated rings. The predicted octanol–water partition coefficient (Wildman–Crippen LogP) is 4.95. The molecule has 1 N–H and O–H groups in total. The predicted molar refractivity (Wildman–Crippen MR) is 86.4 cm³/mol. The Hall–Kier alpha value is -1.48. The van der Waals surface area contributed by atoms with Crippen LogP contribution in [0.3, 0.4) is 0 Å². The van der Waals surface area contributed by atoms with E-state index in [4.69, 9.17) is 4.74 Å². The summed E-state index contributed by atoms with van der Waals surface area (Å²) in [5.74, 6) is 1.65. The first-order valence-electron chi connectivity index (χ1n) is 6.93. The van der Waals surface area contributed by atoms with Crippen LogP contribution in [0.15, 0.2) is 46.9 Å². The molecule has 1 aliphatic rings. The fourth-order valence-electron chi connectivity index (χ4n) is 2.45. The summed E-state index contributed by atoms with van der Waals surface area (Å²) in [6.07, 6.45) is 2.67. The van der Waals surface area contributed by atoms with Gasteiger partial charge in [-0.2, -0.15) is 0 Å². The smallest absolute Gasteiger partial charge is 0.121 e. The first kappa shape index (κ1) is 13.5. The van der Waals surface area contributed by atoms with Crippen LogP contribution in [0.1, 0.15) is 29.9 Å². The highest BCUT2D eigenvalue weighted by Gasteiger charge is 2.25. The Morgan fingerprint density at radius 2 is 2.00 bits per heavy atom. The number of hydrogen-bond acceptors (Lipinski definition) is 2. The van der Waals surface area contributed by atoms with E-state index in [0.717, 1.165) is 28.4 Å². The van der Waals surface area contributed by atoms with E-state index in [1.54, 1.807) is 7.11 Å². The van der Waals surface area contributed by atoms with Gasteiger partial charge in [0.2, 0.25) is 0 Å². The highest BCUT2D eigenvalue weighted by atomic mass is 79.9. The maximum atomic E-state index is 5.27. The molecule has 0 spiro atoms. The van der Waals surface area contributed by atoms with Gasteiger partial charge in [-0.1, -0.05) is 24.3 Å². The van der Waals surface area contributed by atoms with Crippen molar-refractivity contribution in [3.8, 4) is 5.75 Å². The van der Waals surface area contributed by atoms with Crippen molar-refractivity contribution >= 4 is 21.6 Å². The van der Waals surface area contributed by atoms with Crippen LogP contribution in [0, 0.1) is 0 Å². The highest BCUT2D eigenvalue weighted by molar-refractivity contribution is 9.10. The molecule has 0 heterocycles. The van der Waals surface area contributed by atoms with Crippen LogP contribution in [-0.2, 0) is 6.54 Å². The van der Waals surface area contributed by atoms with Crippen molar-refractivity contribution in [3.05, 3.63) is 58.1 Å². The van der Waals surface area contributed by atoms with Gasteiger partial charge in [-0.25, -0.2) is 0 Å². The Bertz CT molecular complexity index is 608. The van der Waals surface area contributed by atoms with Gasteiger partial charge in [0.15, 0.2) is 0 Å². The lowest BCUT2D eigenvalue weighted by atomic mass is 10.0. The van der Waals surface area contributed by atoms with E-state index in [9.17, 15) is 0 Å². The summed E-state index contributed by atoms with van der Waals surface area (Å²) < 4.78 is 6.33. The van der Waals surface area contributed by atoms with Gasteiger partial charge in [0.05, 0.1) is 12.8 Å². The summed E-state index contributed by atoms with van der Waals surface area (Å²) in [5, 5.41) is 3.50. The van der Waals surface area contributed by atoms with Gasteiger partial charge in [-0.05, 0) is 57.9 Å². The molecule has 0 amide bonds. The Labute approximate surface area is 128 Å². The molecule has 0 radical (unpaired) electrons. The number of benzene rings is 2. The third-order valence-electron chi connectivity index (χ3n) is 3.72. The Balaban J connectivity index is 1.76. The van der Waals surface area contributed by atoms with E-state index < -0.39 is 0 Å². The summed E-state index contributed by atoms with van der Waals surface area (Å²) in [7, 11) is 1.69. The van der Waals surface area contributed by atoms with Crippen LogP contribution in [-0.4, -0.2) is 7.11 Å². The Morgan fingerprint density at radius 1 is 1.20 bits per heavy atom. The molecule has 3 heteroatoms. The van der Waals surface area contributed by atoms with Crippen molar-refractivity contribution < 1.29 is 4.74 Å². The molecular formula is C17H18BrNO. The lowest BCUT2D eigenvalue weighted by Gasteiger charge is -2.13. The molecule has 0 unspecified atom stereocenters. The number of nitrogens with one attached hydrogen (secondary N) is 1. The number of halogens is 1. The number of hydrogen-bond donors (Lipinski definition) is 1. The first-order valence-corrected chi connectivity index (χ1v) is 7.72. The third-order valence-corrected chi connectivity index (χ3v) is 4.41. The molecule has 0 bridgehead atoms. The largest absolute Gasteiger partial charge is 0.497 e. The quantitative estimate of drug-likeness (QED) is 0.837. The molecule has 0 saturated heterocycles. The van der Waals surface area contributed by atoms with Gasteiger partial charge >= 0.3 is 0 Å². The highest BCUT2D eigenvalue weighted by Crippen LogP contribution is 2.41. The second-order valence-corrected chi connectivity index (χ2v) is 6.03.